The molecule has 0 spiro atoms. The number of thiazole rings is 1. The van der Waals surface area contributed by atoms with Gasteiger partial charge >= 0.3 is 0 Å². The lowest BCUT2D eigenvalue weighted by atomic mass is 10.1. The molecule has 2 N–H and O–H groups in total. The van der Waals surface area contributed by atoms with Crippen molar-refractivity contribution in [2.45, 2.75) is 11.9 Å². The number of ether oxygens (including phenoxy) is 1. The van der Waals surface area contributed by atoms with Gasteiger partial charge < -0.3 is 9.84 Å². The third-order valence-electron chi connectivity index (χ3n) is 4.87. The lowest BCUT2D eigenvalue weighted by Gasteiger charge is -2.08. The van der Waals surface area contributed by atoms with Gasteiger partial charge in [-0.2, -0.15) is 12.8 Å². The van der Waals surface area contributed by atoms with E-state index in [0.29, 0.717) is 22.6 Å². The molecular formula is C23H17F3N4O4S2. The van der Waals surface area contributed by atoms with Crippen LogP contribution < -0.4 is 9.46 Å². The lowest BCUT2D eigenvalue weighted by molar-refractivity contribution is 0.373. The zero-order chi connectivity index (χ0) is 26.0. The minimum atomic E-state index is -4.27. The number of halogens is 3. The molecule has 2 heterocycles. The van der Waals surface area contributed by atoms with Gasteiger partial charge in [-0.05, 0) is 48.9 Å². The Bertz CT molecular complexity index is 1590. The van der Waals surface area contributed by atoms with Gasteiger partial charge in [-0.25, -0.2) is 18.7 Å². The number of sulfonamides is 1. The highest BCUT2D eigenvalue weighted by molar-refractivity contribution is 7.92. The van der Waals surface area contributed by atoms with E-state index in [9.17, 15) is 26.7 Å². The topological polar surface area (TPSA) is 114 Å². The number of benzene rings is 2. The van der Waals surface area contributed by atoms with E-state index < -0.39 is 26.8 Å². The minimum absolute atomic E-state index is 0.0494. The zero-order valence-electron chi connectivity index (χ0n) is 18.7. The average molecular weight is 535 g/mol. The van der Waals surface area contributed by atoms with Crippen molar-refractivity contribution >= 4 is 38.4 Å². The van der Waals surface area contributed by atoms with Crippen molar-refractivity contribution in [3.63, 3.8) is 0 Å². The normalized spacial score (nSPS) is 11.7. The van der Waals surface area contributed by atoms with Gasteiger partial charge in [0, 0.05) is 17.3 Å². The van der Waals surface area contributed by atoms with Crippen LogP contribution in [-0.2, 0) is 10.0 Å². The van der Waals surface area contributed by atoms with Crippen molar-refractivity contribution < 1.29 is 31.4 Å². The van der Waals surface area contributed by atoms with Crippen LogP contribution in [0.3, 0.4) is 0 Å². The average Bonchev–Trinajstić information content (AvgIpc) is 3.19. The van der Waals surface area contributed by atoms with Crippen LogP contribution >= 0.6 is 11.3 Å². The Balaban J connectivity index is 1.56. The molecule has 36 heavy (non-hydrogen) atoms. The number of aromatic nitrogens is 2. The highest BCUT2D eigenvalue weighted by atomic mass is 32.2. The largest absolute Gasteiger partial charge is 0.504 e. The van der Waals surface area contributed by atoms with Crippen molar-refractivity contribution in [1.29, 1.82) is 0 Å². The van der Waals surface area contributed by atoms with Gasteiger partial charge in [0.1, 0.15) is 5.69 Å². The third-order valence-corrected chi connectivity index (χ3v) is 7.16. The number of methoxy groups -OCH3 is 1. The molecule has 0 saturated carbocycles. The molecule has 0 saturated heterocycles. The number of nitrogens with zero attached hydrogens (tertiary/aromatic N) is 3. The monoisotopic (exact) mass is 534 g/mol. The Kier molecular flexibility index (Phi) is 6.95. The molecule has 4 aromatic rings. The van der Waals surface area contributed by atoms with Gasteiger partial charge in [-0.1, -0.05) is 17.4 Å². The van der Waals surface area contributed by atoms with Gasteiger partial charge in [0.25, 0.3) is 10.0 Å². The molecular weight excluding hydrogens is 517 g/mol. The first-order valence-electron chi connectivity index (χ1n) is 10.1. The Labute approximate surface area is 207 Å². The summed E-state index contributed by atoms with van der Waals surface area (Å²) in [6, 6.07) is 9.05. The van der Waals surface area contributed by atoms with Crippen molar-refractivity contribution in [3.05, 3.63) is 76.6 Å². The number of phenolic OH excluding ortho intramolecular Hbond substituents is 1. The minimum Gasteiger partial charge on any atom is -0.504 e. The van der Waals surface area contributed by atoms with E-state index in [2.05, 4.69) is 19.7 Å². The molecule has 0 fully saturated rings. The van der Waals surface area contributed by atoms with E-state index in [1.807, 2.05) is 0 Å². The van der Waals surface area contributed by atoms with E-state index in [4.69, 9.17) is 4.74 Å². The van der Waals surface area contributed by atoms with E-state index >= 15 is 0 Å². The third kappa shape index (κ3) is 5.16. The molecule has 0 amide bonds. The molecule has 8 nitrogen and oxygen atoms in total. The summed E-state index contributed by atoms with van der Waals surface area (Å²) in [5, 5.41) is 8.61. The van der Waals surface area contributed by atoms with Crippen LogP contribution in [0, 0.1) is 23.7 Å². The molecule has 2 aromatic carbocycles. The number of hydrogen-bond acceptors (Lipinski definition) is 8. The number of hydrogen-bond donors (Lipinski definition) is 2. The van der Waals surface area contributed by atoms with Gasteiger partial charge in [0.15, 0.2) is 33.3 Å². The van der Waals surface area contributed by atoms with E-state index in [0.717, 1.165) is 18.2 Å². The number of anilines is 1. The number of aliphatic imine (C=N–C) groups is 1. The fraction of sp³-hybridized carbons (Fsp3) is 0.0870. The van der Waals surface area contributed by atoms with Gasteiger partial charge in [-0.3, -0.25) is 9.71 Å². The smallest absolute Gasteiger partial charge is 0.281 e. The summed E-state index contributed by atoms with van der Waals surface area (Å²) in [7, 11) is -2.85. The Morgan fingerprint density at radius 1 is 1.14 bits per heavy atom. The maximum Gasteiger partial charge on any atom is 0.281 e. The first-order valence-corrected chi connectivity index (χ1v) is 12.4. The summed E-state index contributed by atoms with van der Waals surface area (Å²) in [6.45, 7) is 1.50. The molecule has 4 rings (SSSR count). The Morgan fingerprint density at radius 3 is 2.61 bits per heavy atom. The van der Waals surface area contributed by atoms with E-state index in [1.165, 1.54) is 32.5 Å². The molecule has 0 radical (unpaired) electrons. The van der Waals surface area contributed by atoms with Crippen molar-refractivity contribution in [2.75, 3.05) is 11.8 Å². The molecule has 2 aromatic heterocycles. The molecule has 0 bridgehead atoms. The molecule has 0 aliphatic rings. The fourth-order valence-electron chi connectivity index (χ4n) is 3.18. The van der Waals surface area contributed by atoms with Crippen LogP contribution in [0.5, 0.6) is 11.5 Å². The highest BCUT2D eigenvalue weighted by Crippen LogP contribution is 2.32. The first-order chi connectivity index (χ1) is 17.1. The SMILES string of the molecule is COc1cccc(C=Nc2cnc(S(=O)(=O)Nc3nc(-c4ccc(F)c(F)c4)c(F)s3)c(C)c2)c1O. The van der Waals surface area contributed by atoms with E-state index in [-0.39, 0.29) is 38.5 Å². The number of pyridine rings is 1. The van der Waals surface area contributed by atoms with Gasteiger partial charge in [0.2, 0.25) is 5.13 Å². The second kappa shape index (κ2) is 9.95. The fourth-order valence-corrected chi connectivity index (χ4v) is 5.29. The maximum atomic E-state index is 14.4. The number of phenols is 1. The quantitative estimate of drug-likeness (QED) is 0.315. The first kappa shape index (κ1) is 25.1. The predicted octanol–water partition coefficient (Wildman–Crippen LogP) is 5.20. The summed E-state index contributed by atoms with van der Waals surface area (Å²) in [4.78, 5) is 12.0. The number of nitrogens with one attached hydrogen (secondary N) is 1. The Hall–Kier alpha value is -3.97. The summed E-state index contributed by atoms with van der Waals surface area (Å²) in [5.41, 5.74) is 0.561. The van der Waals surface area contributed by atoms with Gasteiger partial charge in [-0.15, -0.1) is 0 Å². The zero-order valence-corrected chi connectivity index (χ0v) is 20.3. The molecule has 0 unspecified atom stereocenters. The van der Waals surface area contributed by atoms with Crippen LogP contribution in [-0.4, -0.2) is 36.8 Å². The molecule has 186 valence electrons. The number of aryl methyl sites for hydroxylation is 1. The summed E-state index contributed by atoms with van der Waals surface area (Å²) < 4.78 is 74.0. The number of aromatic hydroxyl groups is 1. The van der Waals surface area contributed by atoms with Gasteiger partial charge in [0.05, 0.1) is 19.0 Å². The van der Waals surface area contributed by atoms with Crippen molar-refractivity contribution in [1.82, 2.24) is 9.97 Å². The van der Waals surface area contributed by atoms with Crippen LogP contribution in [0.2, 0.25) is 0 Å². The molecule has 13 heteroatoms. The maximum absolute atomic E-state index is 14.4. The number of rotatable bonds is 7. The van der Waals surface area contributed by atoms with Crippen LogP contribution in [0.4, 0.5) is 24.0 Å². The predicted molar refractivity (Wildman–Crippen MR) is 129 cm³/mol. The summed E-state index contributed by atoms with van der Waals surface area (Å²) >= 11 is 0.390. The lowest BCUT2D eigenvalue weighted by Crippen LogP contribution is -2.15. The van der Waals surface area contributed by atoms with Crippen molar-refractivity contribution in [3.8, 4) is 22.8 Å². The van der Waals surface area contributed by atoms with Crippen LogP contribution in [0.15, 0.2) is 58.7 Å². The number of para-hydroxylation sites is 1. The van der Waals surface area contributed by atoms with E-state index in [1.54, 1.807) is 18.2 Å². The standard InChI is InChI=1S/C23H17F3N4O4S2/c1-12-8-15(27-10-14-4-3-5-18(34-2)20(14)31)11-28-22(12)36(32,33)30-23-29-19(21(26)35-23)13-6-7-16(24)17(25)9-13/h3-11,31H,1-2H3,(H,29,30). The van der Waals surface area contributed by atoms with Crippen LogP contribution in [0.25, 0.3) is 11.3 Å². The second-order valence-corrected chi connectivity index (χ2v) is 9.89. The Morgan fingerprint density at radius 2 is 1.92 bits per heavy atom. The summed E-state index contributed by atoms with van der Waals surface area (Å²) in [5.74, 6) is -2.13. The van der Waals surface area contributed by atoms with Crippen LogP contribution in [0.1, 0.15) is 11.1 Å². The molecule has 0 aliphatic carbocycles. The molecule has 0 aliphatic heterocycles. The van der Waals surface area contributed by atoms with Crippen molar-refractivity contribution in [2.24, 2.45) is 4.99 Å². The summed E-state index contributed by atoms with van der Waals surface area (Å²) in [6.07, 6.45) is 2.59. The molecule has 0 atom stereocenters. The highest BCUT2D eigenvalue weighted by Gasteiger charge is 2.23. The second-order valence-electron chi connectivity index (χ2n) is 7.35.